The Labute approximate surface area is 171 Å². The number of ether oxygens (including phenoxy) is 2. The summed E-state index contributed by atoms with van der Waals surface area (Å²) in [5, 5.41) is 2.80. The first-order valence-electron chi connectivity index (χ1n) is 9.00. The molecule has 1 aromatic carbocycles. The molecular weight excluding hydrogens is 396 g/mol. The zero-order chi connectivity index (χ0) is 21.3. The van der Waals surface area contributed by atoms with Crippen molar-refractivity contribution in [2.75, 3.05) is 43.2 Å². The van der Waals surface area contributed by atoms with Crippen molar-refractivity contribution in [3.8, 4) is 5.75 Å². The highest BCUT2D eigenvalue weighted by Crippen LogP contribution is 2.29. The maximum Gasteiger partial charge on any atom is 0.322 e. The van der Waals surface area contributed by atoms with Crippen molar-refractivity contribution in [3.63, 3.8) is 0 Å². The van der Waals surface area contributed by atoms with E-state index in [4.69, 9.17) is 9.47 Å². The predicted octanol–water partition coefficient (Wildman–Crippen LogP) is 2.53. The fraction of sp³-hybridized carbons (Fsp3) is 0.368. The van der Waals surface area contributed by atoms with Crippen molar-refractivity contribution in [2.24, 2.45) is 0 Å². The van der Waals surface area contributed by atoms with Crippen LogP contribution in [0.2, 0.25) is 0 Å². The van der Waals surface area contributed by atoms with Crippen molar-refractivity contribution in [1.29, 1.82) is 0 Å². The second kappa shape index (κ2) is 10.6. The molecule has 0 radical (unpaired) electrons. The van der Waals surface area contributed by atoms with E-state index in [1.54, 1.807) is 49.5 Å². The van der Waals surface area contributed by atoms with E-state index in [0.717, 1.165) is 5.56 Å². The number of urea groups is 1. The van der Waals surface area contributed by atoms with Crippen molar-refractivity contribution in [3.05, 3.63) is 48.3 Å². The third-order valence-electron chi connectivity index (χ3n) is 4.05. The molecule has 0 aliphatic carbocycles. The van der Waals surface area contributed by atoms with Gasteiger partial charge in [0.05, 0.1) is 25.2 Å². The van der Waals surface area contributed by atoms with Gasteiger partial charge in [0.15, 0.2) is 0 Å². The van der Waals surface area contributed by atoms with Crippen LogP contribution in [-0.4, -0.2) is 57.5 Å². The average Bonchev–Trinajstić information content (AvgIpc) is 2.72. The van der Waals surface area contributed by atoms with Gasteiger partial charge in [-0.2, -0.15) is 0 Å². The van der Waals surface area contributed by atoms with Gasteiger partial charge in [0.25, 0.3) is 0 Å². The molecule has 0 bridgehead atoms. The molecule has 0 fully saturated rings. The monoisotopic (exact) mass is 422 g/mol. The molecule has 1 heterocycles. The molecule has 0 saturated heterocycles. The lowest BCUT2D eigenvalue weighted by atomic mass is 10.2. The van der Waals surface area contributed by atoms with Gasteiger partial charge in [-0.05, 0) is 30.7 Å². The maximum absolute atomic E-state index is 12.8. The second-order valence-corrected chi connectivity index (χ2v) is 8.14. The van der Waals surface area contributed by atoms with Gasteiger partial charge in [0, 0.05) is 44.3 Å². The van der Waals surface area contributed by atoms with Crippen LogP contribution in [-0.2, 0) is 21.3 Å². The first-order valence-corrected chi connectivity index (χ1v) is 10.7. The van der Waals surface area contributed by atoms with Gasteiger partial charge in [0.1, 0.15) is 5.75 Å². The zero-order valence-corrected chi connectivity index (χ0v) is 17.5. The van der Waals surface area contributed by atoms with E-state index < -0.39 is 10.0 Å². The van der Waals surface area contributed by atoms with Crippen molar-refractivity contribution in [2.45, 2.75) is 13.5 Å². The van der Waals surface area contributed by atoms with Crippen molar-refractivity contribution < 1.29 is 22.7 Å². The van der Waals surface area contributed by atoms with Gasteiger partial charge < -0.3 is 19.7 Å². The number of carbonyl (C=O) groups is 1. The molecule has 0 saturated carbocycles. The molecule has 9 nitrogen and oxygen atoms in total. The molecule has 158 valence electrons. The Morgan fingerprint density at radius 1 is 1.24 bits per heavy atom. The van der Waals surface area contributed by atoms with Crippen LogP contribution in [0.25, 0.3) is 0 Å². The van der Waals surface area contributed by atoms with Crippen LogP contribution < -0.4 is 14.8 Å². The van der Waals surface area contributed by atoms with Gasteiger partial charge in [-0.1, -0.05) is 6.07 Å². The second-order valence-electron chi connectivity index (χ2n) is 6.13. The number of anilines is 2. The molecule has 1 aromatic heterocycles. The number of hydrogen-bond acceptors (Lipinski definition) is 6. The Hall–Kier alpha value is -2.85. The SMILES string of the molecule is CCS(=O)(=O)Nc1ccc(NC(=O)N(CCOC)Cc2cccnc2)cc1OC. The fourth-order valence-electron chi connectivity index (χ4n) is 2.46. The molecule has 0 aliphatic rings. The molecule has 0 atom stereocenters. The smallest absolute Gasteiger partial charge is 0.322 e. The Balaban J connectivity index is 2.15. The van der Waals surface area contributed by atoms with Gasteiger partial charge in [-0.15, -0.1) is 0 Å². The summed E-state index contributed by atoms with van der Waals surface area (Å²) in [5.74, 6) is 0.243. The molecule has 0 aliphatic heterocycles. The minimum absolute atomic E-state index is 0.0581. The highest BCUT2D eigenvalue weighted by Gasteiger charge is 2.16. The topological polar surface area (TPSA) is 110 Å². The quantitative estimate of drug-likeness (QED) is 0.609. The Morgan fingerprint density at radius 3 is 2.66 bits per heavy atom. The summed E-state index contributed by atoms with van der Waals surface area (Å²) in [6, 6.07) is 8.08. The van der Waals surface area contributed by atoms with E-state index in [2.05, 4.69) is 15.0 Å². The van der Waals surface area contributed by atoms with E-state index in [1.165, 1.54) is 7.11 Å². The van der Waals surface area contributed by atoms with Gasteiger partial charge in [0.2, 0.25) is 10.0 Å². The predicted molar refractivity (Wildman–Crippen MR) is 112 cm³/mol. The summed E-state index contributed by atoms with van der Waals surface area (Å²) in [4.78, 5) is 18.4. The zero-order valence-electron chi connectivity index (χ0n) is 16.7. The number of methoxy groups -OCH3 is 2. The number of aromatic nitrogens is 1. The number of amides is 2. The fourth-order valence-corrected chi connectivity index (χ4v) is 3.11. The summed E-state index contributed by atoms with van der Waals surface area (Å²) >= 11 is 0. The molecule has 2 aromatic rings. The van der Waals surface area contributed by atoms with Crippen molar-refractivity contribution >= 4 is 27.4 Å². The van der Waals surface area contributed by atoms with Crippen LogP contribution in [0.1, 0.15) is 12.5 Å². The Morgan fingerprint density at radius 2 is 2.03 bits per heavy atom. The molecule has 2 rings (SSSR count). The number of benzene rings is 1. The molecule has 0 unspecified atom stereocenters. The van der Waals surface area contributed by atoms with Crippen LogP contribution in [0.3, 0.4) is 0 Å². The minimum Gasteiger partial charge on any atom is -0.494 e. The number of rotatable bonds is 10. The molecular formula is C19H26N4O5S. The summed E-state index contributed by atoms with van der Waals surface area (Å²) in [5.41, 5.74) is 1.67. The number of nitrogens with one attached hydrogen (secondary N) is 2. The van der Waals surface area contributed by atoms with E-state index in [9.17, 15) is 13.2 Å². The lowest BCUT2D eigenvalue weighted by Crippen LogP contribution is -2.36. The molecule has 10 heteroatoms. The number of hydrogen-bond donors (Lipinski definition) is 2. The van der Waals surface area contributed by atoms with E-state index >= 15 is 0 Å². The first-order chi connectivity index (χ1) is 13.9. The Kier molecular flexibility index (Phi) is 8.22. The highest BCUT2D eigenvalue weighted by atomic mass is 32.2. The largest absolute Gasteiger partial charge is 0.494 e. The van der Waals surface area contributed by atoms with Gasteiger partial charge in [-0.3, -0.25) is 9.71 Å². The van der Waals surface area contributed by atoms with E-state index in [-0.39, 0.29) is 11.8 Å². The summed E-state index contributed by atoms with van der Waals surface area (Å²) in [6.45, 7) is 2.69. The average molecular weight is 423 g/mol. The van der Waals surface area contributed by atoms with Crippen LogP contribution in [0.4, 0.5) is 16.2 Å². The maximum atomic E-state index is 12.8. The number of sulfonamides is 1. The van der Waals surface area contributed by atoms with Gasteiger partial charge >= 0.3 is 6.03 Å². The summed E-state index contributed by atoms with van der Waals surface area (Å²) in [7, 11) is -0.446. The minimum atomic E-state index is -3.44. The van der Waals surface area contributed by atoms with Crippen LogP contribution in [0, 0.1) is 0 Å². The number of pyridine rings is 1. The van der Waals surface area contributed by atoms with Gasteiger partial charge in [-0.25, -0.2) is 13.2 Å². The van der Waals surface area contributed by atoms with Crippen LogP contribution >= 0.6 is 0 Å². The molecule has 29 heavy (non-hydrogen) atoms. The standard InChI is InChI=1S/C19H26N4O5S/c1-4-29(25,26)22-17-8-7-16(12-18(17)28-3)21-19(24)23(10-11-27-2)14-15-6-5-9-20-13-15/h5-9,12-13,22H,4,10-11,14H2,1-3H3,(H,21,24). The lowest BCUT2D eigenvalue weighted by Gasteiger charge is -2.23. The molecule has 2 N–H and O–H groups in total. The number of nitrogens with zero attached hydrogens (tertiary/aromatic N) is 2. The lowest BCUT2D eigenvalue weighted by molar-refractivity contribution is 0.153. The molecule has 2 amide bonds. The highest BCUT2D eigenvalue weighted by molar-refractivity contribution is 7.92. The van der Waals surface area contributed by atoms with E-state index in [1.807, 2.05) is 12.1 Å². The first kappa shape index (κ1) is 22.4. The third-order valence-corrected chi connectivity index (χ3v) is 5.34. The summed E-state index contributed by atoms with van der Waals surface area (Å²) < 4.78 is 36.4. The Bertz CT molecular complexity index is 906. The molecule has 0 spiro atoms. The van der Waals surface area contributed by atoms with Crippen LogP contribution in [0.15, 0.2) is 42.7 Å². The van der Waals surface area contributed by atoms with Crippen molar-refractivity contribution in [1.82, 2.24) is 9.88 Å². The van der Waals surface area contributed by atoms with Crippen LogP contribution in [0.5, 0.6) is 5.75 Å². The third kappa shape index (κ3) is 6.91. The van der Waals surface area contributed by atoms with E-state index in [0.29, 0.717) is 36.8 Å². The number of carbonyl (C=O) groups excluding carboxylic acids is 1. The normalized spacial score (nSPS) is 11.0. The summed E-state index contributed by atoms with van der Waals surface area (Å²) in [6.07, 6.45) is 3.37.